The highest BCUT2D eigenvalue weighted by Crippen LogP contribution is 2.27. The summed E-state index contributed by atoms with van der Waals surface area (Å²) < 4.78 is 15.0. The van der Waals surface area contributed by atoms with E-state index in [9.17, 15) is 9.32 Å². The number of rotatable bonds is 3. The predicted molar refractivity (Wildman–Crippen MR) is 90.1 cm³/mol. The first-order chi connectivity index (χ1) is 9.75. The van der Waals surface area contributed by atoms with E-state index in [1.807, 2.05) is 28.6 Å². The van der Waals surface area contributed by atoms with Gasteiger partial charge in [0.15, 0.2) is 0 Å². The second kappa shape index (κ2) is 6.11. The fourth-order valence-corrected chi connectivity index (χ4v) is 4.50. The van der Waals surface area contributed by atoms with Crippen LogP contribution in [0.1, 0.15) is 39.2 Å². The fourth-order valence-electron chi connectivity index (χ4n) is 2.76. The maximum atomic E-state index is 13.1. The molecule has 0 amide bonds. The van der Waals surface area contributed by atoms with Crippen molar-refractivity contribution in [3.63, 3.8) is 0 Å². The molecule has 1 N–H and O–H groups in total. The maximum absolute atomic E-state index is 13.1. The predicted octanol–water partition coefficient (Wildman–Crippen LogP) is 2.68. The normalized spacial score (nSPS) is 23.7. The van der Waals surface area contributed by atoms with Crippen LogP contribution in [0, 0.1) is 5.92 Å². The van der Waals surface area contributed by atoms with Gasteiger partial charge in [-0.1, -0.05) is 32.9 Å². The van der Waals surface area contributed by atoms with Gasteiger partial charge in [-0.3, -0.25) is 0 Å². The van der Waals surface area contributed by atoms with Gasteiger partial charge in [-0.05, 0) is 47.7 Å². The zero-order valence-corrected chi connectivity index (χ0v) is 14.2. The molecule has 0 radical (unpaired) electrons. The van der Waals surface area contributed by atoms with Crippen molar-refractivity contribution >= 4 is 15.6 Å². The Hall–Kier alpha value is -0.840. The van der Waals surface area contributed by atoms with E-state index in [-0.39, 0.29) is 17.9 Å². The summed E-state index contributed by atoms with van der Waals surface area (Å²) in [7, 11) is -2.45. The summed E-state index contributed by atoms with van der Waals surface area (Å²) in [5, 5.41) is 9.33. The molecule has 2 rings (SSSR count). The van der Waals surface area contributed by atoms with Crippen molar-refractivity contribution in [2.24, 2.45) is 5.92 Å². The highest BCUT2D eigenvalue weighted by molar-refractivity contribution is 7.98. The first-order valence-corrected chi connectivity index (χ1v) is 9.27. The van der Waals surface area contributed by atoms with Crippen LogP contribution in [0.25, 0.3) is 0 Å². The molecule has 1 aliphatic heterocycles. The molecular weight excluding hydrogens is 282 g/mol. The number of hydrogen-bond acceptors (Lipinski definition) is 2. The molecule has 0 aliphatic carbocycles. The maximum Gasteiger partial charge on any atom is 0.0558 e. The molecule has 0 spiro atoms. The third kappa shape index (κ3) is 3.68. The van der Waals surface area contributed by atoms with Crippen LogP contribution in [0.2, 0.25) is 0 Å². The number of piperidine rings is 1. The molecule has 1 aromatic carbocycles. The minimum atomic E-state index is -2.45. The molecule has 0 bridgehead atoms. The van der Waals surface area contributed by atoms with E-state index < -0.39 is 9.71 Å². The lowest BCUT2D eigenvalue weighted by atomic mass is 9.87. The van der Waals surface area contributed by atoms with Crippen molar-refractivity contribution in [1.82, 2.24) is 4.31 Å². The zero-order chi connectivity index (χ0) is 15.7. The molecule has 3 nitrogen and oxygen atoms in total. The summed E-state index contributed by atoms with van der Waals surface area (Å²) in [5.74, 6) is 4.21. The highest BCUT2D eigenvalue weighted by atomic mass is 32.2. The minimum absolute atomic E-state index is 0.0910. The van der Waals surface area contributed by atoms with E-state index in [2.05, 4.69) is 26.6 Å². The van der Waals surface area contributed by atoms with Gasteiger partial charge in [0, 0.05) is 24.6 Å². The van der Waals surface area contributed by atoms with E-state index in [0.717, 1.165) is 24.3 Å². The summed E-state index contributed by atoms with van der Waals surface area (Å²) in [6.45, 7) is 8.12. The Morgan fingerprint density at radius 3 is 2.48 bits per heavy atom. The lowest BCUT2D eigenvalue weighted by Gasteiger charge is -2.34. The quantitative estimate of drug-likeness (QED) is 0.872. The molecular formula is C17H27NO2S. The number of nitrogens with zero attached hydrogens (tertiary/aromatic N) is 1. The van der Waals surface area contributed by atoms with Crippen molar-refractivity contribution in [3.8, 4) is 0 Å². The van der Waals surface area contributed by atoms with Crippen LogP contribution >= 0.6 is 0 Å². The van der Waals surface area contributed by atoms with Crippen molar-refractivity contribution in [1.29, 1.82) is 0 Å². The summed E-state index contributed by atoms with van der Waals surface area (Å²) in [6.07, 6.45) is 1.98. The molecule has 1 heterocycles. The van der Waals surface area contributed by atoms with Gasteiger partial charge in [0.2, 0.25) is 0 Å². The van der Waals surface area contributed by atoms with Gasteiger partial charge in [0.1, 0.15) is 0 Å². The number of aliphatic hydroxyl groups excluding tert-OH is 1. The third-order valence-corrected chi connectivity index (χ3v) is 6.42. The van der Waals surface area contributed by atoms with Crippen LogP contribution in [0.5, 0.6) is 0 Å². The first-order valence-electron chi connectivity index (χ1n) is 7.59. The summed E-state index contributed by atoms with van der Waals surface area (Å²) in [4.78, 5) is 0.786. The third-order valence-electron chi connectivity index (χ3n) is 4.25. The highest BCUT2D eigenvalue weighted by Gasteiger charge is 2.26. The largest absolute Gasteiger partial charge is 0.396 e. The summed E-state index contributed by atoms with van der Waals surface area (Å²) in [6, 6.07) is 7.98. The van der Waals surface area contributed by atoms with Crippen molar-refractivity contribution in [2.75, 3.05) is 19.7 Å². The Kier molecular flexibility index (Phi) is 4.81. The molecule has 1 saturated heterocycles. The molecule has 1 aliphatic rings. The van der Waals surface area contributed by atoms with Gasteiger partial charge in [-0.25, -0.2) is 8.51 Å². The standard InChI is InChI=1S/C17H27NO2S/c1-17(2,3)15-7-9-16(10-8-15)21(4,20)18-11-5-6-14(12-18)13-19/h7-10,14,19H,4-6,11-13H2,1-3H3. The molecule has 2 atom stereocenters. The Labute approximate surface area is 129 Å². The number of hydrogen-bond donors (Lipinski definition) is 1. The molecule has 2 unspecified atom stereocenters. The van der Waals surface area contributed by atoms with Gasteiger partial charge in [0.05, 0.1) is 9.71 Å². The first kappa shape index (κ1) is 16.5. The molecule has 1 fully saturated rings. The van der Waals surface area contributed by atoms with Crippen molar-refractivity contribution in [3.05, 3.63) is 29.8 Å². The van der Waals surface area contributed by atoms with E-state index in [1.165, 1.54) is 5.56 Å². The molecule has 0 saturated carbocycles. The van der Waals surface area contributed by atoms with E-state index in [4.69, 9.17) is 0 Å². The second-order valence-corrected chi connectivity index (χ2v) is 9.26. The van der Waals surface area contributed by atoms with E-state index in [1.54, 1.807) is 0 Å². The van der Waals surface area contributed by atoms with E-state index >= 15 is 0 Å². The van der Waals surface area contributed by atoms with Gasteiger partial charge in [0.25, 0.3) is 0 Å². The van der Waals surface area contributed by atoms with Crippen LogP contribution < -0.4 is 0 Å². The molecule has 1 aromatic rings. The molecule has 118 valence electrons. The SMILES string of the molecule is C=S(=O)(c1ccc(C(C)(C)C)cc1)N1CCCC(CO)C1. The Morgan fingerprint density at radius 2 is 1.95 bits per heavy atom. The van der Waals surface area contributed by atoms with Crippen LogP contribution in [0.15, 0.2) is 29.2 Å². The van der Waals surface area contributed by atoms with Crippen LogP contribution in [0.4, 0.5) is 0 Å². The lowest BCUT2D eigenvalue weighted by Crippen LogP contribution is -2.40. The lowest BCUT2D eigenvalue weighted by molar-refractivity contribution is 0.168. The zero-order valence-electron chi connectivity index (χ0n) is 13.3. The van der Waals surface area contributed by atoms with Gasteiger partial charge in [-0.2, -0.15) is 0 Å². The van der Waals surface area contributed by atoms with Crippen LogP contribution in [-0.2, 0) is 15.1 Å². The van der Waals surface area contributed by atoms with Crippen molar-refractivity contribution < 1.29 is 9.32 Å². The van der Waals surface area contributed by atoms with E-state index in [0.29, 0.717) is 6.54 Å². The Morgan fingerprint density at radius 1 is 1.33 bits per heavy atom. The van der Waals surface area contributed by atoms with Gasteiger partial charge in [-0.15, -0.1) is 0 Å². The Balaban J connectivity index is 2.23. The average Bonchev–Trinajstić information content (AvgIpc) is 2.46. The monoisotopic (exact) mass is 309 g/mol. The topological polar surface area (TPSA) is 40.5 Å². The van der Waals surface area contributed by atoms with Gasteiger partial charge < -0.3 is 5.11 Å². The van der Waals surface area contributed by atoms with Crippen LogP contribution in [0.3, 0.4) is 0 Å². The second-order valence-electron chi connectivity index (χ2n) is 6.99. The molecule has 21 heavy (non-hydrogen) atoms. The van der Waals surface area contributed by atoms with Crippen molar-refractivity contribution in [2.45, 2.75) is 43.9 Å². The smallest absolute Gasteiger partial charge is 0.0558 e. The number of benzene rings is 1. The van der Waals surface area contributed by atoms with Crippen LogP contribution in [-0.4, -0.2) is 39.2 Å². The molecule has 0 aromatic heterocycles. The van der Waals surface area contributed by atoms with Gasteiger partial charge >= 0.3 is 0 Å². The fraction of sp³-hybridized carbons (Fsp3) is 0.588. The molecule has 4 heteroatoms. The Bertz CT molecular complexity index is 570. The summed E-state index contributed by atoms with van der Waals surface area (Å²) >= 11 is 0. The summed E-state index contributed by atoms with van der Waals surface area (Å²) in [5.41, 5.74) is 1.32. The number of aliphatic hydroxyl groups is 1. The minimum Gasteiger partial charge on any atom is -0.396 e. The average molecular weight is 309 g/mol.